The van der Waals surface area contributed by atoms with E-state index in [1.807, 2.05) is 26.0 Å². The molecule has 0 radical (unpaired) electrons. The Balaban J connectivity index is 1.67. The summed E-state index contributed by atoms with van der Waals surface area (Å²) in [4.78, 5) is 20.3. The van der Waals surface area contributed by atoms with Gasteiger partial charge in [-0.15, -0.1) is 13.2 Å². The van der Waals surface area contributed by atoms with E-state index in [-0.39, 0.29) is 17.6 Å². The molecule has 2 N–H and O–H groups in total. The summed E-state index contributed by atoms with van der Waals surface area (Å²) in [7, 11) is 0. The van der Waals surface area contributed by atoms with Gasteiger partial charge in [0.2, 0.25) is 5.91 Å². The van der Waals surface area contributed by atoms with Gasteiger partial charge in [0, 0.05) is 29.4 Å². The van der Waals surface area contributed by atoms with Crippen LogP contribution in [0.25, 0.3) is 11.3 Å². The molecule has 2 aromatic carbocycles. The maximum Gasteiger partial charge on any atom is 0.573 e. The van der Waals surface area contributed by atoms with Crippen LogP contribution in [0.3, 0.4) is 0 Å². The Labute approximate surface area is 177 Å². The molecule has 3 aromatic rings. The van der Waals surface area contributed by atoms with Gasteiger partial charge in [0.05, 0.1) is 5.69 Å². The standard InChI is InChI=1S/C22H21F3N4O2/c1-14(2)11-21(30)29-17-5-3-15(4-6-17)19-12-20(27-13-26-19)28-16-7-9-18(10-8-16)31-22(23,24)25/h3-10,12-14H,11H2,1-2H3,(H,29,30)(H,26,27,28). The van der Waals surface area contributed by atoms with E-state index in [4.69, 9.17) is 0 Å². The molecule has 9 heteroatoms. The number of hydrogen-bond acceptors (Lipinski definition) is 5. The minimum Gasteiger partial charge on any atom is -0.406 e. The van der Waals surface area contributed by atoms with E-state index in [1.165, 1.54) is 30.6 Å². The number of rotatable bonds is 7. The molecular formula is C22H21F3N4O2. The fourth-order valence-corrected chi connectivity index (χ4v) is 2.78. The average molecular weight is 430 g/mol. The molecule has 0 saturated heterocycles. The number of halogens is 3. The highest BCUT2D eigenvalue weighted by Crippen LogP contribution is 2.26. The van der Waals surface area contributed by atoms with Crippen LogP contribution in [0.15, 0.2) is 60.9 Å². The maximum atomic E-state index is 12.3. The third kappa shape index (κ3) is 6.98. The van der Waals surface area contributed by atoms with Crippen LogP contribution in [0.2, 0.25) is 0 Å². The first-order valence-corrected chi connectivity index (χ1v) is 9.53. The SMILES string of the molecule is CC(C)CC(=O)Nc1ccc(-c2cc(Nc3ccc(OC(F)(F)F)cc3)ncn2)cc1. The molecule has 3 rings (SSSR count). The van der Waals surface area contributed by atoms with Gasteiger partial charge < -0.3 is 15.4 Å². The van der Waals surface area contributed by atoms with Gasteiger partial charge in [-0.3, -0.25) is 4.79 Å². The lowest BCUT2D eigenvalue weighted by Crippen LogP contribution is -2.16. The summed E-state index contributed by atoms with van der Waals surface area (Å²) in [5.41, 5.74) is 2.71. The van der Waals surface area contributed by atoms with E-state index >= 15 is 0 Å². The van der Waals surface area contributed by atoms with Crippen molar-refractivity contribution >= 4 is 23.1 Å². The Morgan fingerprint density at radius 1 is 1.00 bits per heavy atom. The van der Waals surface area contributed by atoms with Gasteiger partial charge in [0.15, 0.2) is 0 Å². The van der Waals surface area contributed by atoms with Gasteiger partial charge in [-0.05, 0) is 42.3 Å². The van der Waals surface area contributed by atoms with Gasteiger partial charge in [0.25, 0.3) is 0 Å². The number of alkyl halides is 3. The minimum atomic E-state index is -4.73. The first kappa shape index (κ1) is 22.1. The van der Waals surface area contributed by atoms with Crippen molar-refractivity contribution in [2.75, 3.05) is 10.6 Å². The number of ether oxygens (including phenoxy) is 1. The molecule has 0 aliphatic rings. The maximum absolute atomic E-state index is 12.3. The lowest BCUT2D eigenvalue weighted by Gasteiger charge is -2.11. The number of anilines is 3. The number of nitrogens with zero attached hydrogens (tertiary/aromatic N) is 2. The monoisotopic (exact) mass is 430 g/mol. The third-order valence-electron chi connectivity index (χ3n) is 4.09. The van der Waals surface area contributed by atoms with E-state index in [2.05, 4.69) is 25.3 Å². The van der Waals surface area contributed by atoms with Crippen molar-refractivity contribution in [3.05, 3.63) is 60.9 Å². The van der Waals surface area contributed by atoms with Crippen LogP contribution in [0.5, 0.6) is 5.75 Å². The highest BCUT2D eigenvalue weighted by Gasteiger charge is 2.30. The van der Waals surface area contributed by atoms with Gasteiger partial charge in [-0.25, -0.2) is 9.97 Å². The molecule has 0 aliphatic carbocycles. The first-order chi connectivity index (χ1) is 14.7. The lowest BCUT2D eigenvalue weighted by atomic mass is 10.1. The summed E-state index contributed by atoms with van der Waals surface area (Å²) in [6.07, 6.45) is -2.90. The van der Waals surface area contributed by atoms with Crippen molar-refractivity contribution in [1.29, 1.82) is 0 Å². The fourth-order valence-electron chi connectivity index (χ4n) is 2.78. The Hall–Kier alpha value is -3.62. The van der Waals surface area contributed by atoms with Crippen molar-refractivity contribution in [2.24, 2.45) is 5.92 Å². The number of nitrogens with one attached hydrogen (secondary N) is 2. The molecule has 0 aliphatic heterocycles. The molecule has 0 unspecified atom stereocenters. The molecule has 31 heavy (non-hydrogen) atoms. The number of amides is 1. The molecule has 162 valence electrons. The average Bonchev–Trinajstić information content (AvgIpc) is 2.68. The smallest absolute Gasteiger partial charge is 0.406 e. The molecule has 0 spiro atoms. The first-order valence-electron chi connectivity index (χ1n) is 9.53. The van der Waals surface area contributed by atoms with Crippen LogP contribution < -0.4 is 15.4 Å². The van der Waals surface area contributed by atoms with Crippen molar-refractivity contribution < 1.29 is 22.7 Å². The summed E-state index contributed by atoms with van der Waals surface area (Å²) >= 11 is 0. The zero-order chi connectivity index (χ0) is 22.4. The van der Waals surface area contributed by atoms with Crippen LogP contribution in [-0.4, -0.2) is 22.2 Å². The van der Waals surface area contributed by atoms with Crippen molar-refractivity contribution in [1.82, 2.24) is 9.97 Å². The Bertz CT molecular complexity index is 1020. The minimum absolute atomic E-state index is 0.0390. The van der Waals surface area contributed by atoms with Crippen LogP contribution in [-0.2, 0) is 4.79 Å². The Kier molecular flexibility index (Phi) is 6.74. The van der Waals surface area contributed by atoms with E-state index < -0.39 is 6.36 Å². The summed E-state index contributed by atoms with van der Waals surface area (Å²) < 4.78 is 40.6. The van der Waals surface area contributed by atoms with Gasteiger partial charge in [-0.2, -0.15) is 0 Å². The third-order valence-corrected chi connectivity index (χ3v) is 4.09. The van der Waals surface area contributed by atoms with Crippen molar-refractivity contribution in [3.8, 4) is 17.0 Å². The van der Waals surface area contributed by atoms with Gasteiger partial charge in [-0.1, -0.05) is 26.0 Å². The number of carbonyl (C=O) groups is 1. The largest absolute Gasteiger partial charge is 0.573 e. The molecule has 6 nitrogen and oxygen atoms in total. The zero-order valence-corrected chi connectivity index (χ0v) is 16.9. The predicted octanol–water partition coefficient (Wildman–Crippen LogP) is 5.77. The predicted molar refractivity (Wildman–Crippen MR) is 112 cm³/mol. The molecule has 1 amide bonds. The van der Waals surface area contributed by atoms with Crippen LogP contribution >= 0.6 is 0 Å². The fraction of sp³-hybridized carbons (Fsp3) is 0.227. The molecule has 1 heterocycles. The van der Waals surface area contributed by atoms with Crippen molar-refractivity contribution in [2.45, 2.75) is 26.6 Å². The molecule has 0 atom stereocenters. The quantitative estimate of drug-likeness (QED) is 0.498. The number of hydrogen-bond donors (Lipinski definition) is 2. The number of carbonyl (C=O) groups excluding carboxylic acids is 1. The molecule has 0 bridgehead atoms. The van der Waals surface area contributed by atoms with E-state index in [1.54, 1.807) is 18.2 Å². The highest BCUT2D eigenvalue weighted by atomic mass is 19.4. The number of benzene rings is 2. The van der Waals surface area contributed by atoms with E-state index in [0.717, 1.165) is 5.56 Å². The highest BCUT2D eigenvalue weighted by molar-refractivity contribution is 5.91. The topological polar surface area (TPSA) is 76.1 Å². The second kappa shape index (κ2) is 9.46. The van der Waals surface area contributed by atoms with Crippen LogP contribution in [0.4, 0.5) is 30.4 Å². The molecule has 0 fully saturated rings. The van der Waals surface area contributed by atoms with E-state index in [0.29, 0.717) is 29.3 Å². The molecule has 1 aromatic heterocycles. The van der Waals surface area contributed by atoms with E-state index in [9.17, 15) is 18.0 Å². The van der Waals surface area contributed by atoms with Crippen LogP contribution in [0.1, 0.15) is 20.3 Å². The zero-order valence-electron chi connectivity index (χ0n) is 16.9. The van der Waals surface area contributed by atoms with Crippen LogP contribution in [0, 0.1) is 5.92 Å². The van der Waals surface area contributed by atoms with Gasteiger partial charge >= 0.3 is 6.36 Å². The molecule has 0 saturated carbocycles. The van der Waals surface area contributed by atoms with Gasteiger partial charge in [0.1, 0.15) is 17.9 Å². The summed E-state index contributed by atoms with van der Waals surface area (Å²) in [6, 6.07) is 14.3. The second-order valence-corrected chi connectivity index (χ2v) is 7.21. The number of aromatic nitrogens is 2. The summed E-state index contributed by atoms with van der Waals surface area (Å²) in [6.45, 7) is 3.96. The summed E-state index contributed by atoms with van der Waals surface area (Å²) in [5, 5.41) is 5.86. The summed E-state index contributed by atoms with van der Waals surface area (Å²) in [5.74, 6) is 0.410. The molecular weight excluding hydrogens is 409 g/mol. The Morgan fingerprint density at radius 2 is 1.65 bits per heavy atom. The lowest BCUT2D eigenvalue weighted by molar-refractivity contribution is -0.274. The van der Waals surface area contributed by atoms with Crippen molar-refractivity contribution in [3.63, 3.8) is 0 Å². The Morgan fingerprint density at radius 3 is 2.26 bits per heavy atom. The second-order valence-electron chi connectivity index (χ2n) is 7.21. The normalized spacial score (nSPS) is 11.3.